The molecule has 0 radical (unpaired) electrons. The van der Waals surface area contributed by atoms with Crippen LogP contribution in [-0.4, -0.2) is 82.5 Å². The fraction of sp³-hybridized carbons (Fsp3) is 0.500. The Morgan fingerprint density at radius 3 is 2.28 bits per heavy atom. The summed E-state index contributed by atoms with van der Waals surface area (Å²) in [6.07, 6.45) is 7.87. The van der Waals surface area contributed by atoms with Crippen LogP contribution in [0.3, 0.4) is 0 Å². The molecule has 1 aliphatic rings. The Labute approximate surface area is 269 Å². The van der Waals surface area contributed by atoms with E-state index in [-0.39, 0.29) is 11.6 Å². The van der Waals surface area contributed by atoms with Gasteiger partial charge < -0.3 is 16.0 Å². The second kappa shape index (κ2) is 16.4. The molecule has 0 bridgehead atoms. The van der Waals surface area contributed by atoms with Gasteiger partial charge in [0.25, 0.3) is 11.8 Å². The van der Waals surface area contributed by atoms with E-state index >= 15 is 0 Å². The van der Waals surface area contributed by atoms with Crippen molar-refractivity contribution in [3.63, 3.8) is 0 Å². The lowest BCUT2D eigenvalue weighted by molar-refractivity contribution is -0.140. The fourth-order valence-corrected chi connectivity index (χ4v) is 5.34. The number of imide groups is 1. The Hall–Kier alpha value is -4.88. The van der Waals surface area contributed by atoms with Gasteiger partial charge in [-0.3, -0.25) is 44.3 Å². The number of para-hydroxylation sites is 1. The van der Waals surface area contributed by atoms with Gasteiger partial charge in [0.2, 0.25) is 11.7 Å². The third kappa shape index (κ3) is 9.81. The molecule has 4 N–H and O–H groups in total. The molecule has 1 aromatic carbocycles. The molecular weight excluding hydrogens is 592 g/mol. The SMILES string of the molecule is CCC1CCCCC1N(C(=O)NCC(=O)C(=O)NN(C)c1ccccc1)C(=O)C(NC(=O)CNC(=O)c1cnccn1)C(C)(C)C. The number of hydrogen-bond acceptors (Lipinski definition) is 9. The summed E-state index contributed by atoms with van der Waals surface area (Å²) in [5, 5.41) is 9.01. The first kappa shape index (κ1) is 35.6. The van der Waals surface area contributed by atoms with Gasteiger partial charge >= 0.3 is 11.9 Å². The van der Waals surface area contributed by atoms with Crippen LogP contribution in [0.5, 0.6) is 0 Å². The molecule has 0 saturated heterocycles. The smallest absolute Gasteiger partial charge is 0.324 e. The van der Waals surface area contributed by atoms with Crippen molar-refractivity contribution in [3.8, 4) is 0 Å². The van der Waals surface area contributed by atoms with Gasteiger partial charge in [-0.05, 0) is 36.3 Å². The minimum atomic E-state index is -1.16. The molecule has 1 heterocycles. The van der Waals surface area contributed by atoms with Crippen molar-refractivity contribution in [2.45, 2.75) is 71.9 Å². The van der Waals surface area contributed by atoms with Crippen molar-refractivity contribution in [3.05, 3.63) is 54.6 Å². The van der Waals surface area contributed by atoms with Crippen molar-refractivity contribution < 1.29 is 28.8 Å². The summed E-state index contributed by atoms with van der Waals surface area (Å²) in [6.45, 7) is 6.16. The minimum Gasteiger partial charge on any atom is -0.342 e. The average Bonchev–Trinajstić information content (AvgIpc) is 3.05. The summed E-state index contributed by atoms with van der Waals surface area (Å²) in [4.78, 5) is 87.5. The highest BCUT2D eigenvalue weighted by Crippen LogP contribution is 2.33. The zero-order valence-electron chi connectivity index (χ0n) is 27.0. The molecular formula is C32H44N8O6. The molecule has 14 heteroatoms. The number of carbonyl (C=O) groups is 6. The van der Waals surface area contributed by atoms with E-state index in [9.17, 15) is 28.8 Å². The van der Waals surface area contributed by atoms with Crippen LogP contribution < -0.4 is 26.4 Å². The molecule has 1 aliphatic carbocycles. The fourth-order valence-electron chi connectivity index (χ4n) is 5.34. The van der Waals surface area contributed by atoms with Gasteiger partial charge in [0, 0.05) is 25.5 Å². The van der Waals surface area contributed by atoms with Gasteiger partial charge in [-0.15, -0.1) is 0 Å². The van der Waals surface area contributed by atoms with Gasteiger partial charge in [0.15, 0.2) is 0 Å². The minimum absolute atomic E-state index is 0.0181. The maximum atomic E-state index is 14.2. The van der Waals surface area contributed by atoms with Gasteiger partial charge in [0.05, 0.1) is 25.0 Å². The zero-order chi connectivity index (χ0) is 33.9. The maximum Gasteiger partial charge on any atom is 0.324 e. The van der Waals surface area contributed by atoms with Crippen LogP contribution >= 0.6 is 0 Å². The van der Waals surface area contributed by atoms with E-state index in [0.717, 1.165) is 30.6 Å². The molecule has 248 valence electrons. The Bertz CT molecular complexity index is 1380. The number of urea groups is 1. The summed E-state index contributed by atoms with van der Waals surface area (Å²) < 4.78 is 0. The average molecular weight is 637 g/mol. The molecule has 0 spiro atoms. The number of rotatable bonds is 12. The van der Waals surface area contributed by atoms with Gasteiger partial charge in [-0.25, -0.2) is 9.78 Å². The largest absolute Gasteiger partial charge is 0.342 e. The van der Waals surface area contributed by atoms with Gasteiger partial charge in [0.1, 0.15) is 11.7 Å². The lowest BCUT2D eigenvalue weighted by Crippen LogP contribution is -2.62. The third-order valence-corrected chi connectivity index (χ3v) is 7.87. The normalized spacial score (nSPS) is 16.7. The van der Waals surface area contributed by atoms with Crippen LogP contribution in [-0.2, 0) is 19.2 Å². The summed E-state index contributed by atoms with van der Waals surface area (Å²) in [5.41, 5.74) is 2.31. The Balaban J connectivity index is 1.74. The number of anilines is 1. The van der Waals surface area contributed by atoms with Crippen LogP contribution in [0.2, 0.25) is 0 Å². The van der Waals surface area contributed by atoms with E-state index in [4.69, 9.17) is 0 Å². The van der Waals surface area contributed by atoms with E-state index in [1.165, 1.54) is 23.6 Å². The quantitative estimate of drug-likeness (QED) is 0.200. The third-order valence-electron chi connectivity index (χ3n) is 7.87. The van der Waals surface area contributed by atoms with Crippen LogP contribution in [0, 0.1) is 11.3 Å². The predicted molar refractivity (Wildman–Crippen MR) is 170 cm³/mol. The summed E-state index contributed by atoms with van der Waals surface area (Å²) in [7, 11) is 1.58. The first-order valence-electron chi connectivity index (χ1n) is 15.4. The first-order chi connectivity index (χ1) is 21.8. The number of hydrazine groups is 1. The highest BCUT2D eigenvalue weighted by atomic mass is 16.2. The highest BCUT2D eigenvalue weighted by molar-refractivity contribution is 6.37. The van der Waals surface area contributed by atoms with E-state index in [1.54, 1.807) is 52.1 Å². The lowest BCUT2D eigenvalue weighted by atomic mass is 9.80. The van der Waals surface area contributed by atoms with Crippen LogP contribution in [0.1, 0.15) is 70.3 Å². The molecule has 0 aliphatic heterocycles. The number of Topliss-reactive ketones (excluding diaryl/α,β-unsaturated/α-hetero) is 1. The van der Waals surface area contributed by atoms with E-state index in [2.05, 4.69) is 31.3 Å². The molecule has 2 aromatic rings. The monoisotopic (exact) mass is 636 g/mol. The zero-order valence-corrected chi connectivity index (χ0v) is 27.0. The number of nitrogens with one attached hydrogen (secondary N) is 4. The number of benzene rings is 1. The van der Waals surface area contributed by atoms with Crippen molar-refractivity contribution in [1.82, 2.24) is 36.2 Å². The molecule has 6 amide bonds. The van der Waals surface area contributed by atoms with Crippen LogP contribution in [0.15, 0.2) is 48.9 Å². The van der Waals surface area contributed by atoms with Crippen LogP contribution in [0.25, 0.3) is 0 Å². The van der Waals surface area contributed by atoms with E-state index < -0.39 is 66.0 Å². The standard InChI is InChI=1S/C32H44N8O6/c1-6-21-12-10-11-15-24(21)40(31(46)36-19-25(41)29(44)38-39(5)22-13-8-7-9-14-22)30(45)27(32(2,3)4)37-26(42)20-35-28(43)23-18-33-16-17-34-23/h7-9,13-14,16-18,21,24,27H,6,10-12,15,19-20H2,1-5H3,(H,35,43)(H,36,46)(H,37,42)(H,38,44). The number of nitrogens with zero attached hydrogens (tertiary/aromatic N) is 4. The molecule has 1 fully saturated rings. The van der Waals surface area contributed by atoms with E-state index in [1.807, 2.05) is 13.0 Å². The molecule has 14 nitrogen and oxygen atoms in total. The Morgan fingerprint density at radius 1 is 0.957 bits per heavy atom. The lowest BCUT2D eigenvalue weighted by Gasteiger charge is -2.42. The topological polar surface area (TPSA) is 183 Å². The number of ketones is 1. The van der Waals surface area contributed by atoms with Crippen molar-refractivity contribution >= 4 is 41.1 Å². The number of hydrogen-bond donors (Lipinski definition) is 4. The molecule has 1 aromatic heterocycles. The van der Waals surface area contributed by atoms with Gasteiger partial charge in [-0.1, -0.05) is 65.2 Å². The molecule has 3 atom stereocenters. The van der Waals surface area contributed by atoms with Crippen molar-refractivity contribution in [2.75, 3.05) is 25.1 Å². The molecule has 1 saturated carbocycles. The van der Waals surface area contributed by atoms with Crippen molar-refractivity contribution in [1.29, 1.82) is 0 Å². The second-order valence-corrected chi connectivity index (χ2v) is 12.3. The number of carbonyl (C=O) groups excluding carboxylic acids is 6. The van der Waals surface area contributed by atoms with Gasteiger partial charge in [-0.2, -0.15) is 0 Å². The van der Waals surface area contributed by atoms with Crippen LogP contribution in [0.4, 0.5) is 10.5 Å². The molecule has 3 rings (SSSR count). The van der Waals surface area contributed by atoms with Crippen molar-refractivity contribution in [2.24, 2.45) is 11.3 Å². The summed E-state index contributed by atoms with van der Waals surface area (Å²) >= 11 is 0. The maximum absolute atomic E-state index is 14.2. The molecule has 46 heavy (non-hydrogen) atoms. The Morgan fingerprint density at radius 2 is 1.65 bits per heavy atom. The number of aromatic nitrogens is 2. The summed E-state index contributed by atoms with van der Waals surface area (Å²) in [6, 6.07) is 6.42. The van der Waals surface area contributed by atoms with E-state index in [0.29, 0.717) is 12.1 Å². The summed E-state index contributed by atoms with van der Waals surface area (Å²) in [5.74, 6) is -3.72. The highest BCUT2D eigenvalue weighted by Gasteiger charge is 2.43. The second-order valence-electron chi connectivity index (χ2n) is 12.3. The first-order valence-corrected chi connectivity index (χ1v) is 15.4. The Kier molecular flexibility index (Phi) is 12.7. The number of amides is 6. The predicted octanol–water partition coefficient (Wildman–Crippen LogP) is 1.98. The molecule has 3 unspecified atom stereocenters.